The van der Waals surface area contributed by atoms with Crippen molar-refractivity contribution in [3.8, 4) is 0 Å². The van der Waals surface area contributed by atoms with Crippen LogP contribution in [-0.4, -0.2) is 5.16 Å². The van der Waals surface area contributed by atoms with Crippen molar-refractivity contribution >= 4 is 0 Å². The molecule has 2 heteroatoms. The first kappa shape index (κ1) is 8.05. The molecular weight excluding hydrogens is 138 g/mol. The summed E-state index contributed by atoms with van der Waals surface area (Å²) < 4.78 is 4.75. The molecule has 0 aliphatic carbocycles. The van der Waals surface area contributed by atoms with Gasteiger partial charge in [0.15, 0.2) is 0 Å². The molecule has 0 aliphatic heterocycles. The van der Waals surface area contributed by atoms with Gasteiger partial charge in [0.1, 0.15) is 6.26 Å². The molecule has 1 aromatic heterocycles. The first-order valence-electron chi connectivity index (χ1n) is 3.77. The van der Waals surface area contributed by atoms with Crippen LogP contribution in [-0.2, 0) is 0 Å². The first-order chi connectivity index (χ1) is 5.25. The molecule has 0 amide bonds. The van der Waals surface area contributed by atoms with Gasteiger partial charge in [-0.05, 0) is 5.92 Å². The molecule has 0 aliphatic rings. The lowest BCUT2D eigenvalue weighted by atomic mass is 9.91. The van der Waals surface area contributed by atoms with Gasteiger partial charge in [-0.1, -0.05) is 25.1 Å². The van der Waals surface area contributed by atoms with Crippen molar-refractivity contribution in [1.29, 1.82) is 0 Å². The molecule has 0 spiro atoms. The smallest absolute Gasteiger partial charge is 0.127 e. The molecule has 2 nitrogen and oxygen atoms in total. The van der Waals surface area contributed by atoms with Crippen LogP contribution in [0.3, 0.4) is 0 Å². The Morgan fingerprint density at radius 1 is 1.64 bits per heavy atom. The van der Waals surface area contributed by atoms with E-state index in [1.807, 2.05) is 6.08 Å². The average molecular weight is 151 g/mol. The highest BCUT2D eigenvalue weighted by molar-refractivity contribution is 5.15. The molecule has 0 saturated carbocycles. The summed E-state index contributed by atoms with van der Waals surface area (Å²) in [5.74, 6) is 0.910. The fourth-order valence-corrected chi connectivity index (χ4v) is 1.17. The summed E-state index contributed by atoms with van der Waals surface area (Å²) in [4.78, 5) is 0. The number of aromatic nitrogens is 1. The minimum Gasteiger partial charge on any atom is -0.364 e. The van der Waals surface area contributed by atoms with Gasteiger partial charge >= 0.3 is 0 Å². The predicted molar refractivity (Wildman–Crippen MR) is 44.3 cm³/mol. The molecule has 0 radical (unpaired) electrons. The molecule has 0 N–H and O–H groups in total. The zero-order chi connectivity index (χ0) is 8.27. The maximum Gasteiger partial charge on any atom is 0.127 e. The molecule has 1 unspecified atom stereocenters. The first-order valence-corrected chi connectivity index (χ1v) is 3.77. The maximum absolute atomic E-state index is 4.75. The normalized spacial score (nSPS) is 13.4. The topological polar surface area (TPSA) is 26.0 Å². The van der Waals surface area contributed by atoms with Crippen LogP contribution < -0.4 is 0 Å². The lowest BCUT2D eigenvalue weighted by Gasteiger charge is -2.12. The highest BCUT2D eigenvalue weighted by atomic mass is 16.5. The fourth-order valence-electron chi connectivity index (χ4n) is 1.17. The third-order valence-corrected chi connectivity index (χ3v) is 1.81. The van der Waals surface area contributed by atoms with Crippen LogP contribution in [0.25, 0.3) is 0 Å². The molecule has 60 valence electrons. The number of hydrogen-bond acceptors (Lipinski definition) is 2. The van der Waals surface area contributed by atoms with Crippen LogP contribution in [0.15, 0.2) is 29.6 Å². The van der Waals surface area contributed by atoms with Crippen molar-refractivity contribution in [1.82, 2.24) is 5.16 Å². The molecule has 0 aromatic carbocycles. The van der Waals surface area contributed by atoms with Crippen molar-refractivity contribution < 1.29 is 4.52 Å². The van der Waals surface area contributed by atoms with E-state index in [-0.39, 0.29) is 0 Å². The quantitative estimate of drug-likeness (QED) is 0.620. The Labute approximate surface area is 66.9 Å². The van der Waals surface area contributed by atoms with Crippen molar-refractivity contribution in [2.45, 2.75) is 19.8 Å². The predicted octanol–water partition coefficient (Wildman–Crippen LogP) is 2.60. The van der Waals surface area contributed by atoms with Gasteiger partial charge in [-0.3, -0.25) is 0 Å². The van der Waals surface area contributed by atoms with E-state index in [0.29, 0.717) is 11.8 Å². The van der Waals surface area contributed by atoms with Crippen LogP contribution in [0.4, 0.5) is 0 Å². The van der Waals surface area contributed by atoms with E-state index in [1.54, 1.807) is 12.5 Å². The summed E-state index contributed by atoms with van der Waals surface area (Å²) in [6.07, 6.45) is 5.34. The lowest BCUT2D eigenvalue weighted by molar-refractivity contribution is 0.417. The summed E-state index contributed by atoms with van der Waals surface area (Å²) in [6, 6.07) is 0. The van der Waals surface area contributed by atoms with Crippen LogP contribution >= 0.6 is 0 Å². The van der Waals surface area contributed by atoms with Crippen LogP contribution in [0.2, 0.25) is 0 Å². The molecule has 1 atom stereocenters. The Morgan fingerprint density at radius 3 is 2.73 bits per heavy atom. The molecule has 1 heterocycles. The van der Waals surface area contributed by atoms with Crippen molar-refractivity contribution in [2.75, 3.05) is 0 Å². The second-order valence-electron chi connectivity index (χ2n) is 2.96. The van der Waals surface area contributed by atoms with Crippen molar-refractivity contribution in [2.24, 2.45) is 5.92 Å². The summed E-state index contributed by atoms with van der Waals surface area (Å²) >= 11 is 0. The van der Waals surface area contributed by atoms with E-state index in [2.05, 4.69) is 25.6 Å². The Hall–Kier alpha value is -1.05. The fraction of sp³-hybridized carbons (Fsp3) is 0.444. The van der Waals surface area contributed by atoms with Crippen LogP contribution in [0.1, 0.15) is 25.3 Å². The Morgan fingerprint density at radius 2 is 2.36 bits per heavy atom. The van der Waals surface area contributed by atoms with Gasteiger partial charge in [0.2, 0.25) is 0 Å². The SMILES string of the molecule is C=CC(c1cnoc1)C(C)C. The zero-order valence-electron chi connectivity index (χ0n) is 6.95. The molecule has 0 saturated heterocycles. The number of hydrogen-bond donors (Lipinski definition) is 0. The zero-order valence-corrected chi connectivity index (χ0v) is 6.95. The number of nitrogens with zero attached hydrogens (tertiary/aromatic N) is 1. The third kappa shape index (κ3) is 1.70. The molecule has 1 rings (SSSR count). The van der Waals surface area contributed by atoms with Crippen molar-refractivity contribution in [3.63, 3.8) is 0 Å². The molecule has 1 aromatic rings. The van der Waals surface area contributed by atoms with E-state index >= 15 is 0 Å². The van der Waals surface area contributed by atoms with E-state index < -0.39 is 0 Å². The summed E-state index contributed by atoms with van der Waals surface area (Å²) in [5, 5.41) is 3.65. The van der Waals surface area contributed by atoms with Gasteiger partial charge in [0.25, 0.3) is 0 Å². The Bertz CT molecular complexity index is 213. The summed E-state index contributed by atoms with van der Waals surface area (Å²) in [5.41, 5.74) is 1.11. The average Bonchev–Trinajstić information content (AvgIpc) is 2.40. The second-order valence-corrected chi connectivity index (χ2v) is 2.96. The molecule has 0 fully saturated rings. The van der Waals surface area contributed by atoms with E-state index in [0.717, 1.165) is 5.56 Å². The Kier molecular flexibility index (Phi) is 2.47. The van der Waals surface area contributed by atoms with E-state index in [9.17, 15) is 0 Å². The largest absolute Gasteiger partial charge is 0.364 e. The molecule has 0 bridgehead atoms. The van der Waals surface area contributed by atoms with Crippen molar-refractivity contribution in [3.05, 3.63) is 30.7 Å². The van der Waals surface area contributed by atoms with Crippen LogP contribution in [0.5, 0.6) is 0 Å². The summed E-state index contributed by atoms with van der Waals surface area (Å²) in [6.45, 7) is 8.07. The van der Waals surface area contributed by atoms with E-state index in [4.69, 9.17) is 4.52 Å². The van der Waals surface area contributed by atoms with Gasteiger partial charge in [-0.2, -0.15) is 0 Å². The highest BCUT2D eigenvalue weighted by Crippen LogP contribution is 2.24. The van der Waals surface area contributed by atoms with Gasteiger partial charge in [-0.15, -0.1) is 6.58 Å². The highest BCUT2D eigenvalue weighted by Gasteiger charge is 2.12. The standard InChI is InChI=1S/C9H13NO/c1-4-9(7(2)3)8-5-10-11-6-8/h4-7,9H,1H2,2-3H3. The number of rotatable bonds is 3. The minimum atomic E-state index is 0.362. The monoisotopic (exact) mass is 151 g/mol. The third-order valence-electron chi connectivity index (χ3n) is 1.81. The van der Waals surface area contributed by atoms with Gasteiger partial charge in [0.05, 0.1) is 6.20 Å². The maximum atomic E-state index is 4.75. The van der Waals surface area contributed by atoms with E-state index in [1.165, 1.54) is 0 Å². The minimum absolute atomic E-state index is 0.362. The molecular formula is C9H13NO. The Balaban J connectivity index is 2.79. The number of allylic oxidation sites excluding steroid dienone is 1. The van der Waals surface area contributed by atoms with Crippen LogP contribution in [0, 0.1) is 5.92 Å². The van der Waals surface area contributed by atoms with Gasteiger partial charge < -0.3 is 4.52 Å². The van der Waals surface area contributed by atoms with Gasteiger partial charge in [0, 0.05) is 11.5 Å². The molecule has 11 heavy (non-hydrogen) atoms. The summed E-state index contributed by atoms with van der Waals surface area (Å²) in [7, 11) is 0. The van der Waals surface area contributed by atoms with Gasteiger partial charge in [-0.25, -0.2) is 0 Å². The lowest BCUT2D eigenvalue weighted by Crippen LogP contribution is -2.01. The second kappa shape index (κ2) is 3.37.